The highest BCUT2D eigenvalue weighted by molar-refractivity contribution is 14.1. The second-order valence-electron chi connectivity index (χ2n) is 4.96. The summed E-state index contributed by atoms with van der Waals surface area (Å²) in [7, 11) is 0. The topological polar surface area (TPSA) is 26.3 Å². The van der Waals surface area contributed by atoms with Crippen LogP contribution < -0.4 is 0 Å². The smallest absolute Gasteiger partial charge is 0.460 e. The first-order valence-electron chi connectivity index (χ1n) is 6.38. The summed E-state index contributed by atoms with van der Waals surface area (Å²) in [5, 5.41) is 0. The summed E-state index contributed by atoms with van der Waals surface area (Å²) in [6, 6.07) is 0. The zero-order valence-electron chi connectivity index (χ0n) is 12.6. The van der Waals surface area contributed by atoms with E-state index in [2.05, 4.69) is 4.74 Å². The van der Waals surface area contributed by atoms with Crippen LogP contribution in [0.4, 0.5) is 57.1 Å². The molecular weight excluding hydrogens is 538 g/mol. The van der Waals surface area contributed by atoms with Crippen LogP contribution in [0.15, 0.2) is 0 Å². The van der Waals surface area contributed by atoms with Gasteiger partial charge in [-0.15, -0.1) is 0 Å². The van der Waals surface area contributed by atoms with Crippen molar-refractivity contribution in [3.8, 4) is 0 Å². The lowest BCUT2D eigenvalue weighted by molar-refractivity contribution is -0.395. The standard InChI is InChI=1S/C11H8F13IO2/c1-2-27-5(26)6(12,10(19,20)21)3-4(25)7(13,14)8(15,16)9(17,18)11(22,23)24/h4H,2-3H2,1H3. The molecule has 0 saturated heterocycles. The molecule has 0 saturated carbocycles. The molecular formula is C11H8F13IO2. The Labute approximate surface area is 155 Å². The van der Waals surface area contributed by atoms with Crippen molar-refractivity contribution in [2.45, 2.75) is 53.1 Å². The Morgan fingerprint density at radius 1 is 0.815 bits per heavy atom. The summed E-state index contributed by atoms with van der Waals surface area (Å²) < 4.78 is 167. The van der Waals surface area contributed by atoms with Crippen molar-refractivity contribution in [1.29, 1.82) is 0 Å². The van der Waals surface area contributed by atoms with Crippen molar-refractivity contribution in [2.24, 2.45) is 0 Å². The summed E-state index contributed by atoms with van der Waals surface area (Å²) in [4.78, 5) is 11.1. The Kier molecular flexibility index (Phi) is 7.41. The van der Waals surface area contributed by atoms with Crippen molar-refractivity contribution in [2.75, 3.05) is 6.61 Å². The summed E-state index contributed by atoms with van der Waals surface area (Å²) in [6.45, 7) is -0.0476. The number of carbonyl (C=O) groups is 1. The Morgan fingerprint density at radius 2 is 1.22 bits per heavy atom. The van der Waals surface area contributed by atoms with Crippen molar-refractivity contribution in [3.05, 3.63) is 0 Å². The number of hydrogen-bond donors (Lipinski definition) is 0. The average molecular weight is 546 g/mol. The molecule has 0 rings (SSSR count). The van der Waals surface area contributed by atoms with Gasteiger partial charge in [0.2, 0.25) is 0 Å². The first-order valence-corrected chi connectivity index (χ1v) is 7.63. The minimum absolute atomic E-state index is 0.0738. The number of carbonyl (C=O) groups excluding carboxylic acids is 1. The normalized spacial score (nSPS) is 18.0. The van der Waals surface area contributed by atoms with Gasteiger partial charge in [0.05, 0.1) is 10.5 Å². The van der Waals surface area contributed by atoms with E-state index in [1.807, 2.05) is 0 Å². The fourth-order valence-electron chi connectivity index (χ4n) is 1.52. The van der Waals surface area contributed by atoms with Gasteiger partial charge in [-0.3, -0.25) is 0 Å². The quantitative estimate of drug-likeness (QED) is 0.183. The molecule has 0 aromatic rings. The van der Waals surface area contributed by atoms with Gasteiger partial charge < -0.3 is 4.74 Å². The third-order valence-corrected chi connectivity index (χ3v) is 4.29. The molecule has 0 spiro atoms. The first kappa shape index (κ1) is 26.3. The second kappa shape index (κ2) is 7.61. The third kappa shape index (κ3) is 4.49. The van der Waals surface area contributed by atoms with Crippen molar-refractivity contribution in [3.63, 3.8) is 0 Å². The number of rotatable bonds is 7. The van der Waals surface area contributed by atoms with Gasteiger partial charge in [-0.1, -0.05) is 22.6 Å². The summed E-state index contributed by atoms with van der Waals surface area (Å²) in [5.41, 5.74) is -5.36. The summed E-state index contributed by atoms with van der Waals surface area (Å²) in [5.74, 6) is -24.0. The molecule has 0 heterocycles. The number of ether oxygens (including phenoxy) is 1. The van der Waals surface area contributed by atoms with Gasteiger partial charge in [0.1, 0.15) is 0 Å². The number of hydrogen-bond acceptors (Lipinski definition) is 2. The fraction of sp³-hybridized carbons (Fsp3) is 0.909. The lowest BCUT2D eigenvalue weighted by Crippen LogP contribution is -2.64. The van der Waals surface area contributed by atoms with Crippen LogP contribution in [0.3, 0.4) is 0 Å². The highest BCUT2D eigenvalue weighted by atomic mass is 127. The number of alkyl halides is 14. The fourth-order valence-corrected chi connectivity index (χ4v) is 2.52. The van der Waals surface area contributed by atoms with Gasteiger partial charge in [0.15, 0.2) is 0 Å². The molecule has 0 aromatic heterocycles. The minimum Gasteiger partial charge on any atom is -0.463 e. The molecule has 0 fully saturated rings. The van der Waals surface area contributed by atoms with Crippen LogP contribution >= 0.6 is 22.6 Å². The van der Waals surface area contributed by atoms with Crippen LogP contribution in [0.1, 0.15) is 13.3 Å². The monoisotopic (exact) mass is 546 g/mol. The van der Waals surface area contributed by atoms with Crippen LogP contribution in [-0.2, 0) is 9.53 Å². The molecule has 0 amide bonds. The highest BCUT2D eigenvalue weighted by Crippen LogP contribution is 2.56. The minimum atomic E-state index is -7.37. The van der Waals surface area contributed by atoms with E-state index in [1.54, 1.807) is 0 Å². The van der Waals surface area contributed by atoms with Gasteiger partial charge in [0, 0.05) is 6.42 Å². The zero-order valence-corrected chi connectivity index (χ0v) is 14.8. The second-order valence-corrected chi connectivity index (χ2v) is 6.46. The van der Waals surface area contributed by atoms with Crippen LogP contribution in [0.2, 0.25) is 0 Å². The zero-order chi connectivity index (χ0) is 22.3. The van der Waals surface area contributed by atoms with Crippen LogP contribution in [0, 0.1) is 0 Å². The molecule has 0 aliphatic heterocycles. The lowest BCUT2D eigenvalue weighted by Gasteiger charge is -2.37. The molecule has 2 nitrogen and oxygen atoms in total. The van der Waals surface area contributed by atoms with E-state index in [1.165, 1.54) is 0 Å². The third-order valence-electron chi connectivity index (χ3n) is 3.07. The van der Waals surface area contributed by atoms with E-state index < -0.39 is 58.7 Å². The molecule has 27 heavy (non-hydrogen) atoms. The maximum Gasteiger partial charge on any atom is 0.460 e. The molecule has 2 atom stereocenters. The van der Waals surface area contributed by atoms with Crippen molar-refractivity contribution in [1.82, 2.24) is 0 Å². The van der Waals surface area contributed by atoms with E-state index >= 15 is 0 Å². The van der Waals surface area contributed by atoms with Gasteiger partial charge in [-0.2, -0.15) is 52.7 Å². The molecule has 0 aliphatic carbocycles. The molecule has 162 valence electrons. The number of esters is 1. The largest absolute Gasteiger partial charge is 0.463 e. The predicted octanol–water partition coefficient (Wildman–Crippen LogP) is 5.48. The van der Waals surface area contributed by atoms with E-state index in [-0.39, 0.29) is 22.6 Å². The maximum absolute atomic E-state index is 14.0. The van der Waals surface area contributed by atoms with E-state index in [4.69, 9.17) is 0 Å². The Morgan fingerprint density at radius 3 is 1.52 bits per heavy atom. The van der Waals surface area contributed by atoms with Crippen LogP contribution in [0.25, 0.3) is 0 Å². The molecule has 0 aliphatic rings. The van der Waals surface area contributed by atoms with E-state index in [0.717, 1.165) is 6.92 Å². The van der Waals surface area contributed by atoms with Crippen LogP contribution in [-0.4, -0.2) is 52.3 Å². The van der Waals surface area contributed by atoms with Gasteiger partial charge in [0.25, 0.3) is 0 Å². The van der Waals surface area contributed by atoms with Gasteiger partial charge in [-0.25, -0.2) is 9.18 Å². The van der Waals surface area contributed by atoms with Crippen molar-refractivity contribution < 1.29 is 66.6 Å². The summed E-state index contributed by atoms with van der Waals surface area (Å²) >= 11 is -0.0738. The molecule has 0 N–H and O–H groups in total. The van der Waals surface area contributed by atoms with Crippen molar-refractivity contribution >= 4 is 28.6 Å². The Bertz CT molecular complexity index is 541. The predicted molar refractivity (Wildman–Crippen MR) is 69.8 cm³/mol. The van der Waals surface area contributed by atoms with E-state index in [0.29, 0.717) is 0 Å². The summed E-state index contributed by atoms with van der Waals surface area (Å²) in [6.07, 6.45) is -16.4. The molecule has 0 aromatic carbocycles. The molecule has 2 unspecified atom stereocenters. The molecule has 0 bridgehead atoms. The maximum atomic E-state index is 14.0. The Balaban J connectivity index is 6.06. The highest BCUT2D eigenvalue weighted by Gasteiger charge is 2.83. The van der Waals surface area contributed by atoms with Crippen LogP contribution in [0.5, 0.6) is 0 Å². The SMILES string of the molecule is CCOC(=O)C(F)(CC(I)C(F)(F)C(F)(F)C(F)(F)C(F)(F)F)C(F)(F)F. The lowest BCUT2D eigenvalue weighted by atomic mass is 9.92. The number of halogens is 14. The average Bonchev–Trinajstić information content (AvgIpc) is 2.44. The Hall–Kier alpha value is -0.710. The van der Waals surface area contributed by atoms with E-state index in [9.17, 15) is 61.9 Å². The first-order chi connectivity index (χ1) is 11.6. The van der Waals surface area contributed by atoms with Gasteiger partial charge in [-0.05, 0) is 6.92 Å². The molecule has 0 radical (unpaired) electrons. The van der Waals surface area contributed by atoms with Gasteiger partial charge >= 0.3 is 41.8 Å². The molecule has 16 heteroatoms.